The molecule has 5 heterocycles. The van der Waals surface area contributed by atoms with Crippen LogP contribution in [0.3, 0.4) is 0 Å². The Balaban J connectivity index is 1.36. The monoisotopic (exact) mass is 564 g/mol. The number of H-pyrrole nitrogens is 2. The SMILES string of the molecule is CCC(=O)Nc1cncc(-c2cc3c(-c4nc5nccc(-c6cc(F)cc(NCCN(C)C)c6)c5[nH]4)n[nH]c3cn2)c1. The lowest BCUT2D eigenvalue weighted by molar-refractivity contribution is -0.115. The molecule has 0 bridgehead atoms. The molecule has 6 aromatic rings. The Kier molecular flexibility index (Phi) is 7.28. The quantitative estimate of drug-likeness (QED) is 0.190. The van der Waals surface area contributed by atoms with Crippen LogP contribution in [0.5, 0.6) is 0 Å². The first-order chi connectivity index (χ1) is 20.4. The molecule has 0 aliphatic carbocycles. The minimum atomic E-state index is -0.337. The molecule has 0 aliphatic rings. The molecular weight excluding hydrogens is 535 g/mol. The summed E-state index contributed by atoms with van der Waals surface area (Å²) in [5.74, 6) is 0.0780. The van der Waals surface area contributed by atoms with E-state index in [9.17, 15) is 9.18 Å². The fourth-order valence-electron chi connectivity index (χ4n) is 4.69. The van der Waals surface area contributed by atoms with E-state index >= 15 is 0 Å². The smallest absolute Gasteiger partial charge is 0.224 e. The minimum absolute atomic E-state index is 0.0950. The number of nitrogens with one attached hydrogen (secondary N) is 4. The number of halogens is 1. The summed E-state index contributed by atoms with van der Waals surface area (Å²) in [5, 5.41) is 14.4. The number of benzene rings is 1. The van der Waals surface area contributed by atoms with Gasteiger partial charge in [0, 0.05) is 54.1 Å². The van der Waals surface area contributed by atoms with Crippen molar-refractivity contribution < 1.29 is 9.18 Å². The van der Waals surface area contributed by atoms with Gasteiger partial charge in [-0.3, -0.25) is 19.9 Å². The number of hydrogen-bond donors (Lipinski definition) is 4. The van der Waals surface area contributed by atoms with Crippen molar-refractivity contribution in [1.82, 2.24) is 40.0 Å². The summed E-state index contributed by atoms with van der Waals surface area (Å²) < 4.78 is 14.6. The van der Waals surface area contributed by atoms with E-state index < -0.39 is 0 Å². The highest BCUT2D eigenvalue weighted by atomic mass is 19.1. The van der Waals surface area contributed by atoms with Gasteiger partial charge in [-0.05, 0) is 56.1 Å². The molecule has 0 atom stereocenters. The van der Waals surface area contributed by atoms with Crippen molar-refractivity contribution in [1.29, 1.82) is 0 Å². The number of imidazole rings is 1. The van der Waals surface area contributed by atoms with Crippen LogP contribution in [-0.4, -0.2) is 73.1 Å². The van der Waals surface area contributed by atoms with Crippen molar-refractivity contribution in [3.05, 3.63) is 67.0 Å². The third kappa shape index (κ3) is 5.52. The number of fused-ring (bicyclic) bond motifs is 2. The van der Waals surface area contributed by atoms with Crippen molar-refractivity contribution in [2.45, 2.75) is 13.3 Å². The molecular formula is C30H29FN10O. The molecule has 0 aliphatic heterocycles. The van der Waals surface area contributed by atoms with Crippen molar-refractivity contribution in [2.24, 2.45) is 0 Å². The Hall–Kier alpha value is -5.23. The maximum Gasteiger partial charge on any atom is 0.224 e. The molecule has 6 rings (SSSR count). The van der Waals surface area contributed by atoms with Gasteiger partial charge in [0.1, 0.15) is 11.5 Å². The number of aromatic amines is 2. The van der Waals surface area contributed by atoms with Gasteiger partial charge in [-0.15, -0.1) is 0 Å². The average Bonchev–Trinajstić information content (AvgIpc) is 3.60. The lowest BCUT2D eigenvalue weighted by atomic mass is 10.0. The van der Waals surface area contributed by atoms with E-state index in [0.717, 1.165) is 28.6 Å². The molecule has 1 aromatic carbocycles. The zero-order chi connectivity index (χ0) is 29.2. The number of nitrogens with zero attached hydrogens (tertiary/aromatic N) is 6. The predicted octanol–water partition coefficient (Wildman–Crippen LogP) is 5.09. The Morgan fingerprint density at radius 1 is 1.02 bits per heavy atom. The molecule has 0 unspecified atom stereocenters. The van der Waals surface area contributed by atoms with Gasteiger partial charge in [-0.1, -0.05) is 6.92 Å². The second-order valence-electron chi connectivity index (χ2n) is 10.2. The van der Waals surface area contributed by atoms with Crippen molar-refractivity contribution in [3.8, 4) is 33.9 Å². The molecule has 12 heteroatoms. The lowest BCUT2D eigenvalue weighted by Gasteiger charge is -2.13. The zero-order valence-electron chi connectivity index (χ0n) is 23.4. The molecule has 212 valence electrons. The van der Waals surface area contributed by atoms with Gasteiger partial charge in [-0.2, -0.15) is 5.10 Å². The maximum atomic E-state index is 14.6. The van der Waals surface area contributed by atoms with Crippen molar-refractivity contribution >= 4 is 39.3 Å². The summed E-state index contributed by atoms with van der Waals surface area (Å²) in [6.45, 7) is 3.30. The standard InChI is InChI=1S/C30H29FN10O/c1-4-26(42)36-21-11-18(14-32-15-21)24-13-23-25(16-35-24)39-40-28(23)30-37-27-22(5-6-34-29(27)38-30)17-9-19(31)12-20(10-17)33-7-8-41(2)3/h5-6,9-16,33H,4,7-8H2,1-3H3,(H,36,42)(H,39,40)(H,34,37,38). The number of aromatic nitrogens is 7. The van der Waals surface area contributed by atoms with Crippen LogP contribution in [0.4, 0.5) is 15.8 Å². The van der Waals surface area contributed by atoms with Crippen molar-refractivity contribution in [2.75, 3.05) is 37.8 Å². The van der Waals surface area contributed by atoms with E-state index in [0.29, 0.717) is 58.3 Å². The van der Waals surface area contributed by atoms with Crippen LogP contribution in [0.25, 0.3) is 56.0 Å². The van der Waals surface area contributed by atoms with Crippen molar-refractivity contribution in [3.63, 3.8) is 0 Å². The van der Waals surface area contributed by atoms with E-state index in [1.807, 2.05) is 38.4 Å². The summed E-state index contributed by atoms with van der Waals surface area (Å²) in [6, 6.07) is 10.5. The van der Waals surface area contributed by atoms with Crippen LogP contribution >= 0.6 is 0 Å². The first kappa shape index (κ1) is 27.0. The normalized spacial score (nSPS) is 11.5. The van der Waals surface area contributed by atoms with Gasteiger partial charge >= 0.3 is 0 Å². The number of likely N-dealkylation sites (N-methyl/N-ethyl adjacent to an activating group) is 1. The van der Waals surface area contributed by atoms with Gasteiger partial charge < -0.3 is 20.5 Å². The molecule has 0 radical (unpaired) electrons. The van der Waals surface area contributed by atoms with Gasteiger partial charge in [0.05, 0.1) is 34.8 Å². The summed E-state index contributed by atoms with van der Waals surface area (Å²) in [4.78, 5) is 35.3. The van der Waals surface area contributed by atoms with Crippen LogP contribution in [0.2, 0.25) is 0 Å². The van der Waals surface area contributed by atoms with E-state index in [1.54, 1.807) is 31.7 Å². The molecule has 0 saturated carbocycles. The number of hydrogen-bond acceptors (Lipinski definition) is 8. The number of anilines is 2. The lowest BCUT2D eigenvalue weighted by Crippen LogP contribution is -2.20. The molecule has 0 fully saturated rings. The second kappa shape index (κ2) is 11.3. The topological polar surface area (TPSA) is 140 Å². The van der Waals surface area contributed by atoms with Crippen LogP contribution in [0.15, 0.2) is 61.2 Å². The van der Waals surface area contributed by atoms with Crippen LogP contribution in [0.1, 0.15) is 13.3 Å². The Bertz CT molecular complexity index is 1910. The zero-order valence-corrected chi connectivity index (χ0v) is 23.4. The highest BCUT2D eigenvalue weighted by molar-refractivity contribution is 5.97. The number of amides is 1. The Labute approximate surface area is 240 Å². The summed E-state index contributed by atoms with van der Waals surface area (Å²) in [6.07, 6.45) is 7.01. The fourth-order valence-corrected chi connectivity index (χ4v) is 4.69. The number of carbonyl (C=O) groups is 1. The third-order valence-electron chi connectivity index (χ3n) is 6.80. The highest BCUT2D eigenvalue weighted by Gasteiger charge is 2.17. The fraction of sp³-hybridized carbons (Fsp3) is 0.200. The summed E-state index contributed by atoms with van der Waals surface area (Å²) in [7, 11) is 3.98. The van der Waals surface area contributed by atoms with Crippen LogP contribution in [0, 0.1) is 5.82 Å². The average molecular weight is 565 g/mol. The molecule has 1 amide bonds. The van der Waals surface area contributed by atoms with Gasteiger partial charge in [0.2, 0.25) is 5.91 Å². The van der Waals surface area contributed by atoms with E-state index in [1.165, 1.54) is 12.1 Å². The largest absolute Gasteiger partial charge is 0.384 e. The van der Waals surface area contributed by atoms with Gasteiger partial charge in [-0.25, -0.2) is 14.4 Å². The van der Waals surface area contributed by atoms with Crippen LogP contribution < -0.4 is 10.6 Å². The number of rotatable bonds is 9. The third-order valence-corrected chi connectivity index (χ3v) is 6.80. The van der Waals surface area contributed by atoms with E-state index in [-0.39, 0.29) is 11.7 Å². The second-order valence-corrected chi connectivity index (χ2v) is 10.2. The molecule has 42 heavy (non-hydrogen) atoms. The molecule has 0 saturated heterocycles. The first-order valence-electron chi connectivity index (χ1n) is 13.5. The molecule has 11 nitrogen and oxygen atoms in total. The summed E-state index contributed by atoms with van der Waals surface area (Å²) >= 11 is 0. The molecule has 5 aromatic heterocycles. The van der Waals surface area contributed by atoms with Gasteiger partial charge in [0.15, 0.2) is 11.5 Å². The maximum absolute atomic E-state index is 14.6. The Morgan fingerprint density at radius 3 is 2.71 bits per heavy atom. The van der Waals surface area contributed by atoms with Crippen LogP contribution in [-0.2, 0) is 4.79 Å². The highest BCUT2D eigenvalue weighted by Crippen LogP contribution is 2.33. The Morgan fingerprint density at radius 2 is 1.88 bits per heavy atom. The molecule has 4 N–H and O–H groups in total. The molecule has 0 spiro atoms. The number of pyridine rings is 3. The first-order valence-corrected chi connectivity index (χ1v) is 13.5. The minimum Gasteiger partial charge on any atom is -0.384 e. The predicted molar refractivity (Wildman–Crippen MR) is 161 cm³/mol. The van der Waals surface area contributed by atoms with E-state index in [2.05, 4.69) is 45.7 Å². The number of carbonyl (C=O) groups excluding carboxylic acids is 1. The summed E-state index contributed by atoms with van der Waals surface area (Å²) in [5.41, 5.74) is 6.64. The van der Waals surface area contributed by atoms with Gasteiger partial charge in [0.25, 0.3) is 0 Å². The van der Waals surface area contributed by atoms with E-state index in [4.69, 9.17) is 4.98 Å².